The minimum Gasteiger partial charge on any atom is -0.312 e. The normalized spacial score (nSPS) is 18.4. The van der Waals surface area contributed by atoms with Gasteiger partial charge in [0.15, 0.2) is 0 Å². The molecule has 0 amide bonds. The molecule has 1 nitrogen and oxygen atoms in total. The van der Waals surface area contributed by atoms with E-state index in [2.05, 4.69) is 26.1 Å². The third-order valence-electron chi connectivity index (χ3n) is 4.16. The van der Waals surface area contributed by atoms with Crippen molar-refractivity contribution in [1.82, 2.24) is 5.32 Å². The number of hydrogen-bond acceptors (Lipinski definition) is 1. The molecule has 0 bridgehead atoms. The minimum absolute atomic E-state index is 0.0722. The van der Waals surface area contributed by atoms with Crippen LogP contribution in [-0.4, -0.2) is 12.1 Å². The highest BCUT2D eigenvalue weighted by atomic mass is 19.1. The zero-order valence-corrected chi connectivity index (χ0v) is 12.7. The summed E-state index contributed by atoms with van der Waals surface area (Å²) < 4.78 is 26.7. The Morgan fingerprint density at radius 3 is 2.10 bits per heavy atom. The van der Waals surface area contributed by atoms with E-state index in [0.29, 0.717) is 0 Å². The molecular weight excluding hydrogens is 256 g/mol. The van der Waals surface area contributed by atoms with E-state index in [1.807, 2.05) is 0 Å². The summed E-state index contributed by atoms with van der Waals surface area (Å²) in [6.45, 7) is 7.36. The molecule has 1 N–H and O–H groups in total. The van der Waals surface area contributed by atoms with Gasteiger partial charge >= 0.3 is 0 Å². The molecule has 3 heteroatoms. The van der Waals surface area contributed by atoms with Crippen LogP contribution < -0.4 is 5.32 Å². The Morgan fingerprint density at radius 1 is 1.05 bits per heavy atom. The zero-order chi connectivity index (χ0) is 14.8. The van der Waals surface area contributed by atoms with Crippen LogP contribution in [0.15, 0.2) is 18.2 Å². The highest BCUT2D eigenvalue weighted by molar-refractivity contribution is 5.20. The van der Waals surface area contributed by atoms with Gasteiger partial charge in [0.1, 0.15) is 11.6 Å². The molecule has 1 aliphatic rings. The smallest absolute Gasteiger partial charge is 0.126 e. The van der Waals surface area contributed by atoms with Crippen LogP contribution in [0.2, 0.25) is 0 Å². The first-order valence-corrected chi connectivity index (χ1v) is 7.48. The fourth-order valence-electron chi connectivity index (χ4n) is 3.14. The van der Waals surface area contributed by atoms with Gasteiger partial charge in [-0.05, 0) is 63.1 Å². The Balaban J connectivity index is 2.12. The first kappa shape index (κ1) is 15.4. The lowest BCUT2D eigenvalue weighted by Crippen LogP contribution is -2.43. The lowest BCUT2D eigenvalue weighted by Gasteiger charge is -2.33. The van der Waals surface area contributed by atoms with Gasteiger partial charge in [-0.2, -0.15) is 0 Å². The zero-order valence-electron chi connectivity index (χ0n) is 12.7. The molecule has 0 spiro atoms. The second-order valence-electron chi connectivity index (χ2n) is 7.27. The van der Waals surface area contributed by atoms with Crippen LogP contribution in [-0.2, 0) is 6.42 Å². The number of rotatable bonds is 4. The van der Waals surface area contributed by atoms with E-state index in [9.17, 15) is 8.78 Å². The summed E-state index contributed by atoms with van der Waals surface area (Å²) in [4.78, 5) is 0. The van der Waals surface area contributed by atoms with Gasteiger partial charge in [0.25, 0.3) is 0 Å². The van der Waals surface area contributed by atoms with Gasteiger partial charge in [0, 0.05) is 18.2 Å². The van der Waals surface area contributed by atoms with Crippen molar-refractivity contribution in [2.24, 2.45) is 5.41 Å². The highest BCUT2D eigenvalue weighted by Crippen LogP contribution is 2.41. The molecule has 1 fully saturated rings. The molecule has 1 saturated carbocycles. The second kappa shape index (κ2) is 5.80. The molecular formula is C17H25F2N. The Bertz CT molecular complexity index is 436. The van der Waals surface area contributed by atoms with Gasteiger partial charge in [-0.1, -0.05) is 12.8 Å². The summed E-state index contributed by atoms with van der Waals surface area (Å²) in [5.74, 6) is -0.950. The SMILES string of the molecule is CC(C)(C)NCC1(Cc2cc(F)cc(F)c2)CCCC1. The summed E-state index contributed by atoms with van der Waals surface area (Å²) in [5.41, 5.74) is 0.996. The molecule has 0 radical (unpaired) electrons. The standard InChI is InChI=1S/C17H25F2N/c1-16(2,3)20-12-17(6-4-5-7-17)11-13-8-14(18)10-15(19)9-13/h8-10,20H,4-7,11-12H2,1-3H3. The highest BCUT2D eigenvalue weighted by Gasteiger charge is 2.34. The Kier molecular flexibility index (Phi) is 4.48. The summed E-state index contributed by atoms with van der Waals surface area (Å²) in [7, 11) is 0. The Morgan fingerprint density at radius 2 is 1.60 bits per heavy atom. The minimum atomic E-state index is -0.475. The maximum absolute atomic E-state index is 13.3. The van der Waals surface area contributed by atoms with Crippen molar-refractivity contribution in [1.29, 1.82) is 0 Å². The average Bonchev–Trinajstić information content (AvgIpc) is 2.73. The summed E-state index contributed by atoms with van der Waals surface area (Å²) >= 11 is 0. The fourth-order valence-corrected chi connectivity index (χ4v) is 3.14. The van der Waals surface area contributed by atoms with Crippen molar-refractivity contribution in [3.05, 3.63) is 35.4 Å². The van der Waals surface area contributed by atoms with Crippen molar-refractivity contribution in [2.45, 2.75) is 58.4 Å². The molecule has 0 heterocycles. The number of benzene rings is 1. The van der Waals surface area contributed by atoms with Crippen LogP contribution in [0.1, 0.15) is 52.0 Å². The lowest BCUT2D eigenvalue weighted by atomic mass is 9.79. The molecule has 0 saturated heterocycles. The van der Waals surface area contributed by atoms with Gasteiger partial charge in [-0.3, -0.25) is 0 Å². The maximum atomic E-state index is 13.3. The molecule has 0 aromatic heterocycles. The molecule has 0 aliphatic heterocycles. The van der Waals surface area contributed by atoms with Crippen molar-refractivity contribution in [2.75, 3.05) is 6.54 Å². The third kappa shape index (κ3) is 4.27. The van der Waals surface area contributed by atoms with Crippen LogP contribution in [0.25, 0.3) is 0 Å². The quantitative estimate of drug-likeness (QED) is 0.859. The second-order valence-corrected chi connectivity index (χ2v) is 7.27. The first-order chi connectivity index (χ1) is 9.28. The molecule has 1 aliphatic carbocycles. The van der Waals surface area contributed by atoms with E-state index in [0.717, 1.165) is 37.4 Å². The molecule has 20 heavy (non-hydrogen) atoms. The monoisotopic (exact) mass is 281 g/mol. The van der Waals surface area contributed by atoms with E-state index in [1.165, 1.54) is 25.0 Å². The van der Waals surface area contributed by atoms with Crippen molar-refractivity contribution < 1.29 is 8.78 Å². The number of halogens is 2. The third-order valence-corrected chi connectivity index (χ3v) is 4.16. The maximum Gasteiger partial charge on any atom is 0.126 e. The Labute approximate surface area is 120 Å². The largest absolute Gasteiger partial charge is 0.312 e. The topological polar surface area (TPSA) is 12.0 Å². The van der Waals surface area contributed by atoms with Crippen LogP contribution in [0.4, 0.5) is 8.78 Å². The molecule has 1 aromatic rings. The van der Waals surface area contributed by atoms with Crippen LogP contribution in [0, 0.1) is 17.0 Å². The van der Waals surface area contributed by atoms with E-state index in [1.54, 1.807) is 0 Å². The van der Waals surface area contributed by atoms with Crippen molar-refractivity contribution >= 4 is 0 Å². The summed E-state index contributed by atoms with van der Waals surface area (Å²) in [6, 6.07) is 3.89. The average molecular weight is 281 g/mol. The Hall–Kier alpha value is -0.960. The molecule has 0 unspecified atom stereocenters. The molecule has 1 aromatic carbocycles. The predicted molar refractivity (Wildman–Crippen MR) is 78.7 cm³/mol. The van der Waals surface area contributed by atoms with Gasteiger partial charge in [0.2, 0.25) is 0 Å². The van der Waals surface area contributed by atoms with E-state index in [-0.39, 0.29) is 11.0 Å². The van der Waals surface area contributed by atoms with Gasteiger partial charge in [0.05, 0.1) is 0 Å². The van der Waals surface area contributed by atoms with Crippen LogP contribution >= 0.6 is 0 Å². The first-order valence-electron chi connectivity index (χ1n) is 7.48. The van der Waals surface area contributed by atoms with Crippen molar-refractivity contribution in [3.63, 3.8) is 0 Å². The number of nitrogens with one attached hydrogen (secondary N) is 1. The predicted octanol–water partition coefficient (Wildman–Crippen LogP) is 4.46. The molecule has 112 valence electrons. The van der Waals surface area contributed by atoms with Gasteiger partial charge in [-0.15, -0.1) is 0 Å². The van der Waals surface area contributed by atoms with E-state index >= 15 is 0 Å². The van der Waals surface area contributed by atoms with E-state index in [4.69, 9.17) is 0 Å². The lowest BCUT2D eigenvalue weighted by molar-refractivity contribution is 0.244. The molecule has 0 atom stereocenters. The van der Waals surface area contributed by atoms with Crippen LogP contribution in [0.5, 0.6) is 0 Å². The van der Waals surface area contributed by atoms with Crippen LogP contribution in [0.3, 0.4) is 0 Å². The number of hydrogen-bond donors (Lipinski definition) is 1. The van der Waals surface area contributed by atoms with Gasteiger partial charge < -0.3 is 5.32 Å². The van der Waals surface area contributed by atoms with Gasteiger partial charge in [-0.25, -0.2) is 8.78 Å². The summed E-state index contributed by atoms with van der Waals surface area (Å²) in [6.07, 6.45) is 5.44. The fraction of sp³-hybridized carbons (Fsp3) is 0.647. The summed E-state index contributed by atoms with van der Waals surface area (Å²) in [5, 5.41) is 3.57. The van der Waals surface area contributed by atoms with E-state index < -0.39 is 11.6 Å². The molecule has 2 rings (SSSR count). The van der Waals surface area contributed by atoms with Crippen molar-refractivity contribution in [3.8, 4) is 0 Å².